The number of rotatable bonds is 15. The standard InChI is InChI=1S/C36H50N4O5/c1-9-12-15-27-16-13-14-17-28(27)24-42-25-29-23-30-37-26(4)31(32(34(41)43-11-3)45-35(5,6)7)33(40(30)38-29)39-20-18-36(8,19-21-39)44-22-10-2/h9-10,13-14,16-17,23,32H,1-2,11-12,15,18-22,24-25H2,3-8H3. The minimum absolute atomic E-state index is 0.246. The number of anilines is 1. The molecule has 9 heteroatoms. The maximum atomic E-state index is 13.5. The maximum absolute atomic E-state index is 13.5. The Hall–Kier alpha value is -3.53. The Labute approximate surface area is 268 Å². The van der Waals surface area contributed by atoms with Crippen molar-refractivity contribution >= 4 is 17.4 Å². The van der Waals surface area contributed by atoms with Crippen LogP contribution in [-0.2, 0) is 43.4 Å². The van der Waals surface area contributed by atoms with Crippen molar-refractivity contribution in [1.29, 1.82) is 0 Å². The summed E-state index contributed by atoms with van der Waals surface area (Å²) >= 11 is 0. The zero-order valence-electron chi connectivity index (χ0n) is 27.9. The number of hydrogen-bond donors (Lipinski definition) is 0. The van der Waals surface area contributed by atoms with Gasteiger partial charge in [0.25, 0.3) is 0 Å². The minimum atomic E-state index is -0.974. The molecule has 0 N–H and O–H groups in total. The quantitative estimate of drug-likeness (QED) is 0.135. The van der Waals surface area contributed by atoms with E-state index in [1.807, 2.05) is 50.4 Å². The molecule has 1 unspecified atom stereocenters. The number of hydrogen-bond acceptors (Lipinski definition) is 8. The highest BCUT2D eigenvalue weighted by Gasteiger charge is 2.38. The molecule has 2 aromatic heterocycles. The fourth-order valence-corrected chi connectivity index (χ4v) is 5.70. The van der Waals surface area contributed by atoms with Crippen molar-refractivity contribution < 1.29 is 23.7 Å². The van der Waals surface area contributed by atoms with E-state index >= 15 is 0 Å². The molecule has 45 heavy (non-hydrogen) atoms. The van der Waals surface area contributed by atoms with E-state index in [0.29, 0.717) is 49.8 Å². The first kappa shape index (κ1) is 34.3. The minimum Gasteiger partial charge on any atom is -0.464 e. The van der Waals surface area contributed by atoms with Crippen molar-refractivity contribution in [3.05, 3.63) is 83.7 Å². The molecule has 1 saturated heterocycles. The zero-order chi connectivity index (χ0) is 32.6. The van der Waals surface area contributed by atoms with Gasteiger partial charge in [0.05, 0.1) is 48.9 Å². The van der Waals surface area contributed by atoms with Gasteiger partial charge < -0.3 is 23.8 Å². The monoisotopic (exact) mass is 618 g/mol. The topological polar surface area (TPSA) is 87.4 Å². The summed E-state index contributed by atoms with van der Waals surface area (Å²) in [6.45, 7) is 22.3. The van der Waals surface area contributed by atoms with Crippen LogP contribution in [0.5, 0.6) is 0 Å². The molecule has 0 spiro atoms. The predicted octanol–water partition coefficient (Wildman–Crippen LogP) is 6.85. The number of aromatic nitrogens is 3. The largest absolute Gasteiger partial charge is 0.464 e. The summed E-state index contributed by atoms with van der Waals surface area (Å²) in [5.41, 5.74) is 4.34. The number of esters is 1. The van der Waals surface area contributed by atoms with Crippen molar-refractivity contribution in [3.8, 4) is 0 Å². The fourth-order valence-electron chi connectivity index (χ4n) is 5.70. The molecule has 1 aromatic carbocycles. The average molecular weight is 619 g/mol. The summed E-state index contributed by atoms with van der Waals surface area (Å²) in [7, 11) is 0. The second-order valence-corrected chi connectivity index (χ2v) is 12.8. The number of fused-ring (bicyclic) bond motifs is 1. The van der Waals surface area contributed by atoms with Gasteiger partial charge in [-0.1, -0.05) is 36.4 Å². The van der Waals surface area contributed by atoms with Crippen molar-refractivity contribution in [1.82, 2.24) is 14.6 Å². The van der Waals surface area contributed by atoms with E-state index in [1.54, 1.807) is 13.0 Å². The number of allylic oxidation sites excluding steroid dienone is 1. The lowest BCUT2D eigenvalue weighted by Gasteiger charge is -2.41. The third-order valence-corrected chi connectivity index (χ3v) is 8.00. The van der Waals surface area contributed by atoms with Gasteiger partial charge in [-0.05, 0) is 78.4 Å². The van der Waals surface area contributed by atoms with E-state index in [9.17, 15) is 4.79 Å². The molecule has 4 rings (SSSR count). The van der Waals surface area contributed by atoms with Gasteiger partial charge in [-0.2, -0.15) is 9.61 Å². The van der Waals surface area contributed by atoms with Crippen molar-refractivity contribution in [2.45, 2.75) is 97.7 Å². The number of carbonyl (C=O) groups is 1. The van der Waals surface area contributed by atoms with Crippen LogP contribution in [-0.4, -0.2) is 58.1 Å². The first-order chi connectivity index (χ1) is 21.5. The number of benzene rings is 1. The smallest absolute Gasteiger partial charge is 0.340 e. The summed E-state index contributed by atoms with van der Waals surface area (Å²) < 4.78 is 26.1. The summed E-state index contributed by atoms with van der Waals surface area (Å²) in [6.07, 6.45) is 6.20. The fraction of sp³-hybridized carbons (Fsp3) is 0.528. The van der Waals surface area contributed by atoms with E-state index in [-0.39, 0.29) is 12.2 Å². The second-order valence-electron chi connectivity index (χ2n) is 12.8. The Kier molecular flexibility index (Phi) is 11.6. The Morgan fingerprint density at radius 1 is 1.11 bits per heavy atom. The summed E-state index contributed by atoms with van der Waals surface area (Å²) in [5.74, 6) is 0.339. The maximum Gasteiger partial charge on any atom is 0.340 e. The third kappa shape index (κ3) is 8.81. The van der Waals surface area contributed by atoms with Gasteiger partial charge in [0, 0.05) is 24.8 Å². The second kappa shape index (κ2) is 15.2. The Bertz CT molecular complexity index is 1470. The van der Waals surface area contributed by atoms with E-state index in [1.165, 1.54) is 5.56 Å². The van der Waals surface area contributed by atoms with Crippen LogP contribution >= 0.6 is 0 Å². The van der Waals surface area contributed by atoms with Crippen LogP contribution in [0.25, 0.3) is 5.65 Å². The van der Waals surface area contributed by atoms with Crippen LogP contribution in [0, 0.1) is 6.92 Å². The van der Waals surface area contributed by atoms with Gasteiger partial charge in [0.2, 0.25) is 0 Å². The van der Waals surface area contributed by atoms with Crippen molar-refractivity contribution in [2.24, 2.45) is 0 Å². The summed E-state index contributed by atoms with van der Waals surface area (Å²) in [6, 6.07) is 10.3. The Balaban J connectivity index is 1.71. The third-order valence-electron chi connectivity index (χ3n) is 8.00. The Morgan fingerprint density at radius 3 is 2.47 bits per heavy atom. The zero-order valence-corrected chi connectivity index (χ0v) is 27.9. The van der Waals surface area contributed by atoms with Gasteiger partial charge in [-0.25, -0.2) is 9.78 Å². The van der Waals surface area contributed by atoms with Crippen LogP contribution < -0.4 is 4.90 Å². The highest BCUT2D eigenvalue weighted by atomic mass is 16.6. The summed E-state index contributed by atoms with van der Waals surface area (Å²) in [5, 5.41) is 4.99. The van der Waals surface area contributed by atoms with Crippen LogP contribution in [0.4, 0.5) is 5.82 Å². The van der Waals surface area contributed by atoms with Gasteiger partial charge >= 0.3 is 5.97 Å². The van der Waals surface area contributed by atoms with E-state index in [2.05, 4.69) is 43.2 Å². The van der Waals surface area contributed by atoms with E-state index < -0.39 is 17.7 Å². The van der Waals surface area contributed by atoms with Crippen LogP contribution in [0.2, 0.25) is 0 Å². The molecular formula is C36H50N4O5. The molecule has 9 nitrogen and oxygen atoms in total. The van der Waals surface area contributed by atoms with Gasteiger partial charge in [-0.15, -0.1) is 13.2 Å². The van der Waals surface area contributed by atoms with Crippen molar-refractivity contribution in [3.63, 3.8) is 0 Å². The molecule has 0 amide bonds. The molecule has 1 aliphatic heterocycles. The van der Waals surface area contributed by atoms with Crippen LogP contribution in [0.1, 0.15) is 88.1 Å². The lowest BCUT2D eigenvalue weighted by molar-refractivity contribution is -0.166. The van der Waals surface area contributed by atoms with Gasteiger partial charge in [-0.3, -0.25) is 0 Å². The van der Waals surface area contributed by atoms with Crippen LogP contribution in [0.15, 0.2) is 55.6 Å². The predicted molar refractivity (Wildman–Crippen MR) is 177 cm³/mol. The summed E-state index contributed by atoms with van der Waals surface area (Å²) in [4.78, 5) is 20.6. The molecule has 0 radical (unpaired) electrons. The highest BCUT2D eigenvalue weighted by molar-refractivity contribution is 5.80. The van der Waals surface area contributed by atoms with Crippen molar-refractivity contribution in [2.75, 3.05) is 31.2 Å². The molecule has 1 atom stereocenters. The number of carbonyl (C=O) groups excluding carboxylic acids is 1. The molecule has 0 saturated carbocycles. The molecule has 244 valence electrons. The number of aryl methyl sites for hydroxylation is 2. The molecule has 1 fully saturated rings. The molecule has 1 aliphatic rings. The molecular weight excluding hydrogens is 568 g/mol. The lowest BCUT2D eigenvalue weighted by atomic mass is 9.92. The number of nitrogens with zero attached hydrogens (tertiary/aromatic N) is 4. The lowest BCUT2D eigenvalue weighted by Crippen LogP contribution is -2.45. The normalized spacial score (nSPS) is 15.6. The number of piperidine rings is 1. The molecule has 3 heterocycles. The average Bonchev–Trinajstić information content (AvgIpc) is 3.40. The first-order valence-corrected chi connectivity index (χ1v) is 16.0. The molecule has 0 bridgehead atoms. The van der Waals surface area contributed by atoms with E-state index in [0.717, 1.165) is 42.8 Å². The van der Waals surface area contributed by atoms with Crippen LogP contribution in [0.3, 0.4) is 0 Å². The molecule has 3 aromatic rings. The first-order valence-electron chi connectivity index (χ1n) is 16.0. The van der Waals surface area contributed by atoms with E-state index in [4.69, 9.17) is 29.0 Å². The van der Waals surface area contributed by atoms with Gasteiger partial charge in [0.1, 0.15) is 5.82 Å². The molecule has 0 aliphatic carbocycles. The highest BCUT2D eigenvalue weighted by Crippen LogP contribution is 2.38. The SMILES string of the molecule is C=CCCc1ccccc1COCc1cc2nc(C)c(C(OC(C)(C)C)C(=O)OCC)c(N3CCC(C)(OCC=C)CC3)n2n1. The van der Waals surface area contributed by atoms with Gasteiger partial charge in [0.15, 0.2) is 11.8 Å². The Morgan fingerprint density at radius 2 is 1.82 bits per heavy atom. The number of ether oxygens (including phenoxy) is 4.